The highest BCUT2D eigenvalue weighted by Crippen LogP contribution is 2.39. The third-order valence-corrected chi connectivity index (χ3v) is 6.41. The number of methoxy groups -OCH3 is 4. The van der Waals surface area contributed by atoms with Crippen LogP contribution in [-0.4, -0.2) is 54.0 Å². The first kappa shape index (κ1) is 26.6. The lowest BCUT2D eigenvalue weighted by Gasteiger charge is -2.17. The first-order chi connectivity index (χ1) is 18.3. The van der Waals surface area contributed by atoms with Crippen LogP contribution in [0.15, 0.2) is 54.1 Å². The van der Waals surface area contributed by atoms with Crippen LogP contribution in [0.4, 0.5) is 4.39 Å². The number of rotatable bonds is 10. The van der Waals surface area contributed by atoms with Crippen LogP contribution in [-0.2, 0) is 11.2 Å². The fraction of sp³-hybridized carbons (Fsp3) is 0.185. The van der Waals surface area contributed by atoms with E-state index in [4.69, 9.17) is 18.9 Å². The Balaban J connectivity index is 1.95. The van der Waals surface area contributed by atoms with Crippen molar-refractivity contribution in [2.45, 2.75) is 6.42 Å². The molecule has 4 aromatic rings. The number of aromatic nitrogens is 2. The molecule has 1 heterocycles. The largest absolute Gasteiger partial charge is 0.494 e. The molecule has 1 aromatic heterocycles. The van der Waals surface area contributed by atoms with Crippen LogP contribution >= 0.6 is 11.7 Å². The van der Waals surface area contributed by atoms with E-state index in [0.717, 1.165) is 17.8 Å². The molecule has 196 valence electrons. The Morgan fingerprint density at radius 2 is 1.45 bits per heavy atom. The summed E-state index contributed by atoms with van der Waals surface area (Å²) in [6, 6.07) is 11.7. The van der Waals surface area contributed by atoms with Crippen LogP contribution in [0, 0.1) is 5.82 Å². The third-order valence-electron chi connectivity index (χ3n) is 5.85. The van der Waals surface area contributed by atoms with Crippen molar-refractivity contribution in [2.75, 3.05) is 28.4 Å². The second kappa shape index (κ2) is 11.3. The molecule has 4 rings (SSSR count). The summed E-state index contributed by atoms with van der Waals surface area (Å²) >= 11 is 0.989. The van der Waals surface area contributed by atoms with Crippen molar-refractivity contribution < 1.29 is 38.0 Å². The third kappa shape index (κ3) is 5.14. The standard InChI is InChI=1S/C27H23FN2O7S/c1-34-21-8-6-16(12-18(21)28)25(31)17(9-14-10-22(35-2)26(37-4)23(11-14)36-3)24(27(32)33)15-5-7-19-20(13-15)30-38-29-19/h5-8,10-13H,9H2,1-4H3,(H,32,33)/b24-17-. The smallest absolute Gasteiger partial charge is 0.336 e. The fourth-order valence-electron chi connectivity index (χ4n) is 4.07. The van der Waals surface area contributed by atoms with Crippen LogP contribution in [0.25, 0.3) is 16.6 Å². The minimum Gasteiger partial charge on any atom is -0.494 e. The molecule has 0 spiro atoms. The second-order valence-corrected chi connectivity index (χ2v) is 8.54. The summed E-state index contributed by atoms with van der Waals surface area (Å²) in [5.41, 5.74) is 1.46. The van der Waals surface area contributed by atoms with Gasteiger partial charge in [-0.15, -0.1) is 0 Å². The molecule has 0 atom stereocenters. The zero-order valence-electron chi connectivity index (χ0n) is 20.9. The number of allylic oxidation sites excluding steroid dienone is 1. The van der Waals surface area contributed by atoms with Gasteiger partial charge in [-0.1, -0.05) is 6.07 Å². The van der Waals surface area contributed by atoms with E-state index in [1.54, 1.807) is 30.3 Å². The Morgan fingerprint density at radius 3 is 2.03 bits per heavy atom. The number of carboxylic acids is 1. The molecular weight excluding hydrogens is 515 g/mol. The highest BCUT2D eigenvalue weighted by molar-refractivity contribution is 7.00. The first-order valence-corrected chi connectivity index (χ1v) is 11.9. The van der Waals surface area contributed by atoms with Crippen molar-refractivity contribution in [1.29, 1.82) is 0 Å². The summed E-state index contributed by atoms with van der Waals surface area (Å²) in [5.74, 6) is -1.81. The van der Waals surface area contributed by atoms with Gasteiger partial charge >= 0.3 is 5.97 Å². The molecule has 0 aliphatic rings. The predicted molar refractivity (Wildman–Crippen MR) is 139 cm³/mol. The minimum absolute atomic E-state index is 0.0408. The topological polar surface area (TPSA) is 117 Å². The van der Waals surface area contributed by atoms with Gasteiger partial charge in [-0.25, -0.2) is 9.18 Å². The van der Waals surface area contributed by atoms with Gasteiger partial charge in [0.25, 0.3) is 0 Å². The summed E-state index contributed by atoms with van der Waals surface area (Å²) < 4.78 is 44.0. The van der Waals surface area contributed by atoms with Gasteiger partial charge in [0.1, 0.15) is 11.0 Å². The second-order valence-electron chi connectivity index (χ2n) is 8.02. The Kier molecular flexibility index (Phi) is 7.87. The van der Waals surface area contributed by atoms with Crippen LogP contribution in [0.5, 0.6) is 23.0 Å². The summed E-state index contributed by atoms with van der Waals surface area (Å²) in [6.07, 6.45) is -0.141. The molecule has 11 heteroatoms. The number of halogens is 1. The number of nitrogens with zero attached hydrogens (tertiary/aromatic N) is 2. The lowest BCUT2D eigenvalue weighted by molar-refractivity contribution is -0.130. The maximum Gasteiger partial charge on any atom is 0.336 e. The lowest BCUT2D eigenvalue weighted by Crippen LogP contribution is -2.14. The molecule has 9 nitrogen and oxygen atoms in total. The van der Waals surface area contributed by atoms with Crippen molar-refractivity contribution in [3.63, 3.8) is 0 Å². The zero-order chi connectivity index (χ0) is 27.4. The quantitative estimate of drug-likeness (QED) is 0.224. The molecule has 0 unspecified atom stereocenters. The molecule has 0 saturated carbocycles. The number of hydrogen-bond acceptors (Lipinski definition) is 9. The summed E-state index contributed by atoms with van der Waals surface area (Å²) in [7, 11) is 5.66. The SMILES string of the molecule is COc1ccc(C(=O)/C(Cc2cc(OC)c(OC)c(OC)c2)=C(\C(=O)O)c2ccc3nsnc3c2)cc1F. The van der Waals surface area contributed by atoms with Crippen molar-refractivity contribution >= 4 is 40.1 Å². The summed E-state index contributed by atoms with van der Waals surface area (Å²) in [5, 5.41) is 10.3. The number of carbonyl (C=O) groups is 2. The number of ketones is 1. The number of benzene rings is 3. The average Bonchev–Trinajstić information content (AvgIpc) is 3.39. The molecule has 0 radical (unpaired) electrons. The van der Waals surface area contributed by atoms with Gasteiger partial charge in [0.15, 0.2) is 28.8 Å². The molecular formula is C27H23FN2O7S. The number of Topliss-reactive ketones (excluding diaryl/α,β-unsaturated/α-hetero) is 1. The lowest BCUT2D eigenvalue weighted by atomic mass is 9.89. The van der Waals surface area contributed by atoms with E-state index in [2.05, 4.69) is 8.75 Å². The Morgan fingerprint density at radius 1 is 0.816 bits per heavy atom. The highest BCUT2D eigenvalue weighted by Gasteiger charge is 2.26. The maximum absolute atomic E-state index is 14.5. The van der Waals surface area contributed by atoms with Crippen molar-refractivity contribution in [3.05, 3.63) is 76.6 Å². The van der Waals surface area contributed by atoms with Crippen molar-refractivity contribution in [1.82, 2.24) is 8.75 Å². The van der Waals surface area contributed by atoms with Gasteiger partial charge in [0.05, 0.1) is 45.7 Å². The van der Waals surface area contributed by atoms with E-state index in [0.29, 0.717) is 33.8 Å². The van der Waals surface area contributed by atoms with E-state index < -0.39 is 17.6 Å². The molecule has 0 fully saturated rings. The van der Waals surface area contributed by atoms with Gasteiger partial charge in [0, 0.05) is 17.6 Å². The molecule has 38 heavy (non-hydrogen) atoms. The van der Waals surface area contributed by atoms with Gasteiger partial charge in [-0.05, 0) is 53.6 Å². The number of hydrogen-bond donors (Lipinski definition) is 1. The minimum atomic E-state index is -1.34. The van der Waals surface area contributed by atoms with Crippen LogP contribution in [0.2, 0.25) is 0 Å². The van der Waals surface area contributed by atoms with Gasteiger partial charge in [-0.3, -0.25) is 4.79 Å². The Labute approximate surface area is 221 Å². The zero-order valence-corrected chi connectivity index (χ0v) is 21.7. The van der Waals surface area contributed by atoms with Gasteiger partial charge in [-0.2, -0.15) is 8.75 Å². The molecule has 1 N–H and O–H groups in total. The van der Waals surface area contributed by atoms with Crippen molar-refractivity contribution in [2.24, 2.45) is 0 Å². The van der Waals surface area contributed by atoms with E-state index in [1.165, 1.54) is 40.6 Å². The first-order valence-electron chi connectivity index (χ1n) is 11.2. The van der Waals surface area contributed by atoms with E-state index in [1.807, 2.05) is 0 Å². The number of carbonyl (C=O) groups excluding carboxylic acids is 1. The predicted octanol–water partition coefficient (Wildman–Crippen LogP) is 4.83. The molecule has 0 saturated heterocycles. The van der Waals surface area contributed by atoms with Crippen LogP contribution in [0.3, 0.4) is 0 Å². The van der Waals surface area contributed by atoms with Gasteiger partial charge < -0.3 is 24.1 Å². The summed E-state index contributed by atoms with van der Waals surface area (Å²) in [4.78, 5) is 26.5. The molecule has 0 bridgehead atoms. The molecule has 0 aliphatic heterocycles. The van der Waals surface area contributed by atoms with Gasteiger partial charge in [0.2, 0.25) is 5.75 Å². The van der Waals surface area contributed by atoms with E-state index in [9.17, 15) is 19.1 Å². The number of fused-ring (bicyclic) bond motifs is 1. The van der Waals surface area contributed by atoms with Crippen LogP contribution in [0.1, 0.15) is 21.5 Å². The Bertz CT molecular complexity index is 1540. The average molecular weight is 539 g/mol. The fourth-order valence-corrected chi connectivity index (χ4v) is 4.59. The summed E-state index contributed by atoms with van der Waals surface area (Å²) in [6.45, 7) is 0. The highest BCUT2D eigenvalue weighted by atomic mass is 32.1. The maximum atomic E-state index is 14.5. The molecule has 0 amide bonds. The number of aliphatic carboxylic acids is 1. The number of carboxylic acid groups (broad SMARTS) is 1. The normalized spacial score (nSPS) is 11.6. The van der Waals surface area contributed by atoms with E-state index >= 15 is 0 Å². The Hall–Kier alpha value is -4.51. The van der Waals surface area contributed by atoms with E-state index in [-0.39, 0.29) is 34.4 Å². The molecule has 3 aromatic carbocycles. The number of ether oxygens (including phenoxy) is 4. The van der Waals surface area contributed by atoms with Crippen LogP contribution < -0.4 is 18.9 Å². The molecule has 0 aliphatic carbocycles. The monoisotopic (exact) mass is 538 g/mol. The van der Waals surface area contributed by atoms with Crippen molar-refractivity contribution in [3.8, 4) is 23.0 Å².